The standard InChI is InChI=1S/C15H15N3O5/c1-2-23-15(22)11-8-16-18-13(11)17-12(19)7-9-5-3-4-6-10(9)14(20)21/h3-6,8H,2,7H2,1H3,(H,20,21)(H2,16,17,18,19). The zero-order chi connectivity index (χ0) is 16.8. The number of nitrogens with one attached hydrogen (secondary N) is 2. The number of hydrogen-bond donors (Lipinski definition) is 3. The highest BCUT2D eigenvalue weighted by Crippen LogP contribution is 2.14. The minimum absolute atomic E-state index is 0.0536. The second kappa shape index (κ2) is 7.21. The maximum Gasteiger partial charge on any atom is 0.343 e. The molecule has 1 heterocycles. The summed E-state index contributed by atoms with van der Waals surface area (Å²) in [5.74, 6) is -2.08. The van der Waals surface area contributed by atoms with Crippen LogP contribution < -0.4 is 5.32 Å². The fourth-order valence-electron chi connectivity index (χ4n) is 1.98. The molecule has 2 rings (SSSR count). The molecule has 1 amide bonds. The van der Waals surface area contributed by atoms with E-state index in [1.807, 2.05) is 0 Å². The number of ether oxygens (including phenoxy) is 1. The van der Waals surface area contributed by atoms with Gasteiger partial charge in [-0.25, -0.2) is 9.59 Å². The number of esters is 1. The fraction of sp³-hybridized carbons (Fsp3) is 0.200. The molecule has 0 saturated heterocycles. The molecule has 1 aromatic heterocycles. The molecule has 0 atom stereocenters. The topological polar surface area (TPSA) is 121 Å². The molecule has 3 N–H and O–H groups in total. The second-order valence-electron chi connectivity index (χ2n) is 4.57. The third-order valence-electron chi connectivity index (χ3n) is 3.00. The van der Waals surface area contributed by atoms with E-state index >= 15 is 0 Å². The quantitative estimate of drug-likeness (QED) is 0.694. The first-order valence-corrected chi connectivity index (χ1v) is 6.84. The van der Waals surface area contributed by atoms with Gasteiger partial charge < -0.3 is 15.2 Å². The predicted molar refractivity (Wildman–Crippen MR) is 80.3 cm³/mol. The van der Waals surface area contributed by atoms with Crippen molar-refractivity contribution in [1.82, 2.24) is 10.2 Å². The van der Waals surface area contributed by atoms with Crippen LogP contribution in [0.4, 0.5) is 5.82 Å². The number of carbonyl (C=O) groups excluding carboxylic acids is 2. The van der Waals surface area contributed by atoms with E-state index in [9.17, 15) is 14.4 Å². The van der Waals surface area contributed by atoms with Gasteiger partial charge in [-0.05, 0) is 18.6 Å². The summed E-state index contributed by atoms with van der Waals surface area (Å²) >= 11 is 0. The molecule has 0 unspecified atom stereocenters. The summed E-state index contributed by atoms with van der Waals surface area (Å²) < 4.78 is 4.85. The smallest absolute Gasteiger partial charge is 0.343 e. The Bertz CT molecular complexity index is 738. The van der Waals surface area contributed by atoms with Crippen LogP contribution in [-0.2, 0) is 16.0 Å². The summed E-state index contributed by atoms with van der Waals surface area (Å²) in [5, 5.41) is 17.8. The minimum Gasteiger partial charge on any atom is -0.478 e. The Hall–Kier alpha value is -3.16. The molecule has 8 heteroatoms. The number of aromatic nitrogens is 2. The molecule has 120 valence electrons. The lowest BCUT2D eigenvalue weighted by Crippen LogP contribution is -2.18. The normalized spacial score (nSPS) is 10.1. The molecule has 23 heavy (non-hydrogen) atoms. The monoisotopic (exact) mass is 317 g/mol. The van der Waals surface area contributed by atoms with E-state index in [1.165, 1.54) is 12.3 Å². The van der Waals surface area contributed by atoms with Gasteiger partial charge in [-0.15, -0.1) is 0 Å². The van der Waals surface area contributed by atoms with Gasteiger partial charge in [0, 0.05) is 0 Å². The van der Waals surface area contributed by atoms with Crippen molar-refractivity contribution < 1.29 is 24.2 Å². The van der Waals surface area contributed by atoms with Crippen molar-refractivity contribution in [1.29, 1.82) is 0 Å². The van der Waals surface area contributed by atoms with Crippen molar-refractivity contribution in [2.45, 2.75) is 13.3 Å². The highest BCUT2D eigenvalue weighted by atomic mass is 16.5. The molecule has 0 fully saturated rings. The Kier molecular flexibility index (Phi) is 5.08. The van der Waals surface area contributed by atoms with Crippen LogP contribution in [0.5, 0.6) is 0 Å². The summed E-state index contributed by atoms with van der Waals surface area (Å²) in [7, 11) is 0. The van der Waals surface area contributed by atoms with E-state index in [4.69, 9.17) is 9.84 Å². The summed E-state index contributed by atoms with van der Waals surface area (Å²) in [6, 6.07) is 6.21. The van der Waals surface area contributed by atoms with Gasteiger partial charge in [-0.3, -0.25) is 9.89 Å². The van der Waals surface area contributed by atoms with Crippen molar-refractivity contribution in [2.75, 3.05) is 11.9 Å². The Balaban J connectivity index is 2.11. The molecular weight excluding hydrogens is 302 g/mol. The number of anilines is 1. The summed E-state index contributed by atoms with van der Waals surface area (Å²) in [6.45, 7) is 1.86. The highest BCUT2D eigenvalue weighted by Gasteiger charge is 2.18. The van der Waals surface area contributed by atoms with E-state index in [0.29, 0.717) is 5.56 Å². The zero-order valence-electron chi connectivity index (χ0n) is 12.3. The average Bonchev–Trinajstić information content (AvgIpc) is 2.95. The Morgan fingerprint density at radius 3 is 2.70 bits per heavy atom. The van der Waals surface area contributed by atoms with Crippen LogP contribution in [0.15, 0.2) is 30.5 Å². The van der Waals surface area contributed by atoms with E-state index in [1.54, 1.807) is 25.1 Å². The molecular formula is C15H15N3O5. The third-order valence-corrected chi connectivity index (χ3v) is 3.00. The van der Waals surface area contributed by atoms with Gasteiger partial charge in [0.15, 0.2) is 0 Å². The van der Waals surface area contributed by atoms with Crippen LogP contribution in [0, 0.1) is 0 Å². The van der Waals surface area contributed by atoms with E-state index in [0.717, 1.165) is 0 Å². The Morgan fingerprint density at radius 2 is 2.00 bits per heavy atom. The molecule has 8 nitrogen and oxygen atoms in total. The highest BCUT2D eigenvalue weighted by molar-refractivity contribution is 6.01. The maximum atomic E-state index is 12.1. The lowest BCUT2D eigenvalue weighted by atomic mass is 10.0. The van der Waals surface area contributed by atoms with Crippen molar-refractivity contribution >= 4 is 23.7 Å². The maximum absolute atomic E-state index is 12.1. The molecule has 0 aliphatic heterocycles. The van der Waals surface area contributed by atoms with Gasteiger partial charge in [0.05, 0.1) is 24.8 Å². The fourth-order valence-corrected chi connectivity index (χ4v) is 1.98. The van der Waals surface area contributed by atoms with Crippen molar-refractivity contribution in [3.8, 4) is 0 Å². The number of amides is 1. The second-order valence-corrected chi connectivity index (χ2v) is 4.57. The molecule has 0 aliphatic rings. The largest absolute Gasteiger partial charge is 0.478 e. The summed E-state index contributed by atoms with van der Waals surface area (Å²) in [6.07, 6.45) is 1.10. The minimum atomic E-state index is -1.11. The van der Waals surface area contributed by atoms with Gasteiger partial charge in [0.1, 0.15) is 11.4 Å². The number of rotatable bonds is 6. The Labute approximate surface area is 131 Å². The lowest BCUT2D eigenvalue weighted by molar-refractivity contribution is -0.115. The van der Waals surface area contributed by atoms with Crippen LogP contribution in [-0.4, -0.2) is 39.8 Å². The molecule has 0 saturated carbocycles. The molecule has 0 aliphatic carbocycles. The average molecular weight is 317 g/mol. The van der Waals surface area contributed by atoms with Crippen molar-refractivity contribution in [2.24, 2.45) is 0 Å². The molecule has 0 spiro atoms. The molecule has 0 radical (unpaired) electrons. The number of hydrogen-bond acceptors (Lipinski definition) is 5. The first kappa shape index (κ1) is 16.2. The molecule has 1 aromatic carbocycles. The van der Waals surface area contributed by atoms with Crippen molar-refractivity contribution in [3.05, 3.63) is 47.2 Å². The van der Waals surface area contributed by atoms with Crippen LogP contribution in [0.1, 0.15) is 33.2 Å². The zero-order valence-corrected chi connectivity index (χ0v) is 12.3. The lowest BCUT2D eigenvalue weighted by Gasteiger charge is -2.07. The number of nitrogens with zero attached hydrogens (tertiary/aromatic N) is 1. The SMILES string of the molecule is CCOC(=O)c1cn[nH]c1NC(=O)Cc1ccccc1C(=O)O. The van der Waals surface area contributed by atoms with E-state index < -0.39 is 17.8 Å². The van der Waals surface area contributed by atoms with Gasteiger partial charge in [0.2, 0.25) is 5.91 Å². The van der Waals surface area contributed by atoms with Crippen LogP contribution in [0.25, 0.3) is 0 Å². The predicted octanol–water partition coefficient (Wildman–Crippen LogP) is 1.47. The van der Waals surface area contributed by atoms with Crippen LogP contribution in [0.2, 0.25) is 0 Å². The van der Waals surface area contributed by atoms with E-state index in [-0.39, 0.29) is 30.0 Å². The number of carboxylic acids is 1. The van der Waals surface area contributed by atoms with Gasteiger partial charge in [-0.1, -0.05) is 18.2 Å². The van der Waals surface area contributed by atoms with Gasteiger partial charge in [-0.2, -0.15) is 5.10 Å². The number of aromatic amines is 1. The number of benzene rings is 1. The first-order chi connectivity index (χ1) is 11.0. The summed E-state index contributed by atoms with van der Waals surface area (Å²) in [4.78, 5) is 34.9. The molecule has 2 aromatic rings. The van der Waals surface area contributed by atoms with E-state index in [2.05, 4.69) is 15.5 Å². The summed E-state index contributed by atoms with van der Waals surface area (Å²) in [5.41, 5.74) is 0.527. The van der Waals surface area contributed by atoms with Gasteiger partial charge >= 0.3 is 11.9 Å². The third kappa shape index (κ3) is 3.94. The van der Waals surface area contributed by atoms with Crippen molar-refractivity contribution in [3.63, 3.8) is 0 Å². The number of aromatic carboxylic acids is 1. The number of H-pyrrole nitrogens is 1. The number of carboxylic acid groups (broad SMARTS) is 1. The van der Waals surface area contributed by atoms with Crippen LogP contribution >= 0.6 is 0 Å². The number of carbonyl (C=O) groups is 3. The Morgan fingerprint density at radius 1 is 1.26 bits per heavy atom. The molecule has 0 bridgehead atoms. The van der Waals surface area contributed by atoms with Crippen LogP contribution in [0.3, 0.4) is 0 Å². The van der Waals surface area contributed by atoms with Gasteiger partial charge in [0.25, 0.3) is 0 Å². The first-order valence-electron chi connectivity index (χ1n) is 6.84.